The summed E-state index contributed by atoms with van der Waals surface area (Å²) in [7, 11) is 0. The molecule has 0 spiro atoms. The topological polar surface area (TPSA) is 81.8 Å². The number of aryl methyl sites for hydroxylation is 2. The third kappa shape index (κ3) is 3.03. The molecule has 1 aromatic carbocycles. The second kappa shape index (κ2) is 6.84. The van der Waals surface area contributed by atoms with Crippen LogP contribution in [0.2, 0.25) is 0 Å². The van der Waals surface area contributed by atoms with Gasteiger partial charge in [0.15, 0.2) is 10.8 Å². The fourth-order valence-electron chi connectivity index (χ4n) is 3.31. The lowest BCUT2D eigenvalue weighted by atomic mass is 10.1. The average Bonchev–Trinajstić information content (AvgIpc) is 3.23. The van der Waals surface area contributed by atoms with Crippen molar-refractivity contribution in [2.75, 3.05) is 12.3 Å². The molecule has 0 bridgehead atoms. The number of hydrogen-bond acceptors (Lipinski definition) is 5. The van der Waals surface area contributed by atoms with Gasteiger partial charge in [0.05, 0.1) is 17.9 Å². The normalized spacial score (nSPS) is 15.9. The number of benzene rings is 1. The minimum Gasteiger partial charge on any atom is -0.356 e. The van der Waals surface area contributed by atoms with Crippen LogP contribution >= 0.6 is 11.8 Å². The minimum atomic E-state index is -0.175. The van der Waals surface area contributed by atoms with Gasteiger partial charge >= 0.3 is 0 Å². The van der Waals surface area contributed by atoms with Crippen molar-refractivity contribution in [1.82, 2.24) is 24.6 Å². The first-order valence-corrected chi connectivity index (χ1v) is 9.95. The predicted molar refractivity (Wildman–Crippen MR) is 106 cm³/mol. The maximum absolute atomic E-state index is 13.1. The maximum Gasteiger partial charge on any atom is 0.265 e. The summed E-state index contributed by atoms with van der Waals surface area (Å²) in [4.78, 5) is 29.7. The molecule has 140 valence electrons. The molecule has 0 saturated heterocycles. The van der Waals surface area contributed by atoms with E-state index in [2.05, 4.69) is 17.3 Å². The molecular formula is C19H21N5O2S. The molecule has 1 unspecified atom stereocenters. The van der Waals surface area contributed by atoms with E-state index in [1.165, 1.54) is 17.3 Å². The molecule has 3 heterocycles. The van der Waals surface area contributed by atoms with Gasteiger partial charge in [0.25, 0.3) is 5.56 Å². The summed E-state index contributed by atoms with van der Waals surface area (Å²) in [5.74, 6) is 0.622. The number of aromatic nitrogens is 4. The molecule has 1 aliphatic rings. The highest BCUT2D eigenvalue weighted by Gasteiger charge is 2.29. The molecule has 4 rings (SSSR count). The first-order chi connectivity index (χ1) is 13.0. The number of carbonyl (C=O) groups is 1. The number of nitrogens with one attached hydrogen (secondary N) is 1. The molecule has 0 saturated carbocycles. The van der Waals surface area contributed by atoms with E-state index in [4.69, 9.17) is 4.98 Å². The van der Waals surface area contributed by atoms with Crippen LogP contribution in [0.25, 0.3) is 16.7 Å². The van der Waals surface area contributed by atoms with E-state index in [1.807, 2.05) is 32.0 Å². The zero-order valence-corrected chi connectivity index (χ0v) is 16.3. The Bertz CT molecular complexity index is 1100. The van der Waals surface area contributed by atoms with Crippen molar-refractivity contribution < 1.29 is 4.79 Å². The summed E-state index contributed by atoms with van der Waals surface area (Å²) in [6, 6.07) is 5.88. The van der Waals surface area contributed by atoms with E-state index in [0.29, 0.717) is 28.5 Å². The van der Waals surface area contributed by atoms with E-state index in [9.17, 15) is 9.59 Å². The summed E-state index contributed by atoms with van der Waals surface area (Å²) in [5, 5.41) is 8.32. The van der Waals surface area contributed by atoms with Gasteiger partial charge in [-0.15, -0.1) is 0 Å². The summed E-state index contributed by atoms with van der Waals surface area (Å²) < 4.78 is 3.36. The van der Waals surface area contributed by atoms with E-state index >= 15 is 0 Å². The first-order valence-electron chi connectivity index (χ1n) is 8.97. The molecule has 1 aliphatic heterocycles. The standard InChI is InChI=1S/C19H21N5O2S/c1-4-20-16(25)8-14-10-27-19-22-17-15(18(26)23(14)19)9-21-24(17)13-6-5-11(2)12(3)7-13/h5-7,9,14H,4,8,10H2,1-3H3,(H,20,25). The molecule has 8 heteroatoms. The highest BCUT2D eigenvalue weighted by Crippen LogP contribution is 2.33. The fourth-order valence-corrected chi connectivity index (χ4v) is 4.44. The average molecular weight is 383 g/mol. The van der Waals surface area contributed by atoms with Crippen molar-refractivity contribution in [2.45, 2.75) is 38.4 Å². The number of hydrogen-bond donors (Lipinski definition) is 1. The molecular weight excluding hydrogens is 362 g/mol. The smallest absolute Gasteiger partial charge is 0.265 e. The van der Waals surface area contributed by atoms with Crippen LogP contribution in [0.3, 0.4) is 0 Å². The highest BCUT2D eigenvalue weighted by atomic mass is 32.2. The van der Waals surface area contributed by atoms with Crippen LogP contribution in [0.4, 0.5) is 0 Å². The van der Waals surface area contributed by atoms with Crippen LogP contribution in [0, 0.1) is 13.8 Å². The predicted octanol–water partition coefficient (Wildman–Crippen LogP) is 2.37. The Morgan fingerprint density at radius 1 is 1.33 bits per heavy atom. The van der Waals surface area contributed by atoms with Gasteiger partial charge in [-0.2, -0.15) is 5.10 Å². The Morgan fingerprint density at radius 3 is 2.89 bits per heavy atom. The summed E-state index contributed by atoms with van der Waals surface area (Å²) in [6.45, 7) is 6.57. The Hall–Kier alpha value is -2.61. The molecule has 1 N–H and O–H groups in total. The Kier molecular flexibility index (Phi) is 4.51. The van der Waals surface area contributed by atoms with E-state index in [-0.39, 0.29) is 23.9 Å². The summed E-state index contributed by atoms with van der Waals surface area (Å²) >= 11 is 1.51. The van der Waals surface area contributed by atoms with Gasteiger partial charge in [-0.1, -0.05) is 17.8 Å². The minimum absolute atomic E-state index is 0.0474. The van der Waals surface area contributed by atoms with Crippen molar-refractivity contribution in [2.24, 2.45) is 0 Å². The van der Waals surface area contributed by atoms with Gasteiger partial charge in [0.2, 0.25) is 5.91 Å². The maximum atomic E-state index is 13.1. The van der Waals surface area contributed by atoms with Crippen molar-refractivity contribution in [3.63, 3.8) is 0 Å². The number of thioether (sulfide) groups is 1. The molecule has 1 atom stereocenters. The van der Waals surface area contributed by atoms with Gasteiger partial charge in [0.1, 0.15) is 5.39 Å². The van der Waals surface area contributed by atoms with Crippen molar-refractivity contribution in [1.29, 1.82) is 0 Å². The lowest BCUT2D eigenvalue weighted by molar-refractivity contribution is -0.121. The Balaban J connectivity index is 1.79. The lowest BCUT2D eigenvalue weighted by Gasteiger charge is -2.13. The second-order valence-electron chi connectivity index (χ2n) is 6.75. The molecule has 27 heavy (non-hydrogen) atoms. The largest absolute Gasteiger partial charge is 0.356 e. The SMILES string of the molecule is CCNC(=O)CC1CSc2nc3c(cnn3-c3ccc(C)c(C)c3)c(=O)n21. The van der Waals surface area contributed by atoms with E-state index in [0.717, 1.165) is 11.3 Å². The number of carbonyl (C=O) groups excluding carboxylic acids is 1. The lowest BCUT2D eigenvalue weighted by Crippen LogP contribution is -2.30. The van der Waals surface area contributed by atoms with Crippen molar-refractivity contribution >= 4 is 28.7 Å². The third-order valence-corrected chi connectivity index (χ3v) is 6.00. The summed E-state index contributed by atoms with van der Waals surface area (Å²) in [6.07, 6.45) is 1.85. The quantitative estimate of drug-likeness (QED) is 0.700. The number of amides is 1. The van der Waals surface area contributed by atoms with E-state index in [1.54, 1.807) is 15.4 Å². The molecule has 0 aliphatic carbocycles. The van der Waals surface area contributed by atoms with Crippen LogP contribution in [-0.4, -0.2) is 37.5 Å². The van der Waals surface area contributed by atoms with Crippen LogP contribution in [0.1, 0.15) is 30.5 Å². The summed E-state index contributed by atoms with van der Waals surface area (Å²) in [5.41, 5.74) is 3.66. The van der Waals surface area contributed by atoms with Gasteiger partial charge in [-0.05, 0) is 44.0 Å². The molecule has 0 fully saturated rings. The van der Waals surface area contributed by atoms with Crippen LogP contribution in [-0.2, 0) is 4.79 Å². The van der Waals surface area contributed by atoms with Gasteiger partial charge in [-0.25, -0.2) is 9.67 Å². The number of rotatable bonds is 4. The van der Waals surface area contributed by atoms with Gasteiger partial charge < -0.3 is 5.32 Å². The monoisotopic (exact) mass is 383 g/mol. The van der Waals surface area contributed by atoms with Gasteiger partial charge in [-0.3, -0.25) is 14.2 Å². The van der Waals surface area contributed by atoms with Crippen LogP contribution in [0.15, 0.2) is 34.3 Å². The zero-order chi connectivity index (χ0) is 19.1. The molecule has 0 radical (unpaired) electrons. The Labute approximate surface area is 160 Å². The molecule has 2 aromatic heterocycles. The van der Waals surface area contributed by atoms with Crippen LogP contribution < -0.4 is 10.9 Å². The Morgan fingerprint density at radius 2 is 2.15 bits per heavy atom. The second-order valence-corrected chi connectivity index (χ2v) is 7.74. The zero-order valence-electron chi connectivity index (χ0n) is 15.5. The van der Waals surface area contributed by atoms with Crippen molar-refractivity contribution in [3.05, 3.63) is 45.9 Å². The fraction of sp³-hybridized carbons (Fsp3) is 0.368. The van der Waals surface area contributed by atoms with Crippen LogP contribution in [0.5, 0.6) is 0 Å². The third-order valence-electron chi connectivity index (χ3n) is 4.90. The highest BCUT2D eigenvalue weighted by molar-refractivity contribution is 7.99. The molecule has 1 amide bonds. The first kappa shape index (κ1) is 17.8. The molecule has 3 aromatic rings. The van der Waals surface area contributed by atoms with Crippen molar-refractivity contribution in [3.8, 4) is 5.69 Å². The molecule has 7 nitrogen and oxygen atoms in total. The number of fused-ring (bicyclic) bond motifs is 2. The number of nitrogens with zero attached hydrogens (tertiary/aromatic N) is 4. The van der Waals surface area contributed by atoms with Gasteiger partial charge in [0, 0.05) is 18.7 Å². The van der Waals surface area contributed by atoms with E-state index < -0.39 is 0 Å².